The summed E-state index contributed by atoms with van der Waals surface area (Å²) in [7, 11) is 0. The first-order valence-corrected chi connectivity index (χ1v) is 7.44. The zero-order valence-electron chi connectivity index (χ0n) is 12.2. The van der Waals surface area contributed by atoms with Gasteiger partial charge in [0, 0.05) is 31.9 Å². The van der Waals surface area contributed by atoms with E-state index in [1.165, 1.54) is 12.1 Å². The molecule has 1 aliphatic rings. The van der Waals surface area contributed by atoms with E-state index >= 15 is 0 Å². The van der Waals surface area contributed by atoms with Crippen LogP contribution < -0.4 is 4.90 Å². The first kappa shape index (κ1) is 16.1. The molecule has 1 fully saturated rings. The number of rotatable bonds is 5. The lowest BCUT2D eigenvalue weighted by molar-refractivity contribution is -0.137. The molecule has 5 heteroatoms. The van der Waals surface area contributed by atoms with E-state index in [4.69, 9.17) is 0 Å². The molecule has 1 radical (unpaired) electrons. The highest BCUT2D eigenvalue weighted by molar-refractivity contribution is 5.49. The van der Waals surface area contributed by atoms with Crippen LogP contribution in [-0.4, -0.2) is 37.6 Å². The summed E-state index contributed by atoms with van der Waals surface area (Å²) < 4.78 is 38.2. The van der Waals surface area contributed by atoms with Crippen LogP contribution in [0.5, 0.6) is 0 Å². The van der Waals surface area contributed by atoms with Crippen LogP contribution >= 0.6 is 0 Å². The fourth-order valence-corrected chi connectivity index (χ4v) is 2.62. The number of halogens is 3. The number of alkyl halides is 3. The Kier molecular flexibility index (Phi) is 5.51. The van der Waals surface area contributed by atoms with Gasteiger partial charge in [-0.1, -0.05) is 25.8 Å². The molecule has 0 aliphatic carbocycles. The van der Waals surface area contributed by atoms with E-state index < -0.39 is 11.7 Å². The second-order valence-corrected chi connectivity index (χ2v) is 5.44. The molecule has 0 N–H and O–H groups in total. The molecule has 21 heavy (non-hydrogen) atoms. The lowest BCUT2D eigenvalue weighted by atomic mass is 10.1. The molecular formula is C16H22F3N2. The lowest BCUT2D eigenvalue weighted by Crippen LogP contribution is -2.46. The Morgan fingerprint density at radius 2 is 1.76 bits per heavy atom. The number of hydrogen-bond acceptors (Lipinski definition) is 2. The van der Waals surface area contributed by atoms with E-state index in [9.17, 15) is 13.2 Å². The summed E-state index contributed by atoms with van der Waals surface area (Å²) >= 11 is 0. The Balaban J connectivity index is 1.90. The molecule has 0 aromatic heterocycles. The van der Waals surface area contributed by atoms with Crippen molar-refractivity contribution in [3.63, 3.8) is 0 Å². The number of hydrogen-bond donors (Lipinski definition) is 0. The summed E-state index contributed by atoms with van der Waals surface area (Å²) in [4.78, 5) is 4.41. The van der Waals surface area contributed by atoms with E-state index in [-0.39, 0.29) is 0 Å². The molecule has 2 rings (SSSR count). The van der Waals surface area contributed by atoms with Crippen LogP contribution in [0.15, 0.2) is 24.3 Å². The fraction of sp³-hybridized carbons (Fsp3) is 0.562. The standard InChI is InChI=1S/C16H22F3N2/c1-2-3-4-8-20-9-11-21(12-10-20)15-7-5-6-14(13-15)16(17,18)19/h5-7,13H,1-4,8-12H2. The summed E-state index contributed by atoms with van der Waals surface area (Å²) in [5.41, 5.74) is 0.0973. The third kappa shape index (κ3) is 4.63. The van der Waals surface area contributed by atoms with Crippen LogP contribution in [0.3, 0.4) is 0 Å². The SMILES string of the molecule is [CH2]CCCCN1CCN(c2cccc(C(F)(F)F)c2)CC1. The normalized spacial score (nSPS) is 17.2. The van der Waals surface area contributed by atoms with Gasteiger partial charge in [0.15, 0.2) is 0 Å². The maximum atomic E-state index is 12.7. The lowest BCUT2D eigenvalue weighted by Gasteiger charge is -2.36. The third-order valence-corrected chi connectivity index (χ3v) is 3.89. The van der Waals surface area contributed by atoms with Crippen molar-refractivity contribution in [2.24, 2.45) is 0 Å². The molecule has 117 valence electrons. The molecule has 0 bridgehead atoms. The second-order valence-electron chi connectivity index (χ2n) is 5.44. The van der Waals surface area contributed by atoms with Gasteiger partial charge < -0.3 is 4.90 Å². The summed E-state index contributed by atoms with van der Waals surface area (Å²) in [5.74, 6) is 0. The molecule has 1 aromatic carbocycles. The molecular weight excluding hydrogens is 277 g/mol. The van der Waals surface area contributed by atoms with Gasteiger partial charge in [-0.15, -0.1) is 0 Å². The number of nitrogens with zero attached hydrogens (tertiary/aromatic N) is 2. The smallest absolute Gasteiger partial charge is 0.369 e. The van der Waals surface area contributed by atoms with Crippen molar-refractivity contribution >= 4 is 5.69 Å². The van der Waals surface area contributed by atoms with Gasteiger partial charge in [0.25, 0.3) is 0 Å². The fourth-order valence-electron chi connectivity index (χ4n) is 2.62. The quantitative estimate of drug-likeness (QED) is 0.762. The van der Waals surface area contributed by atoms with Gasteiger partial charge in [-0.25, -0.2) is 0 Å². The highest BCUT2D eigenvalue weighted by Gasteiger charge is 2.31. The summed E-state index contributed by atoms with van der Waals surface area (Å²) in [6.07, 6.45) is -1.03. The Hall–Kier alpha value is -1.23. The molecule has 0 saturated carbocycles. The maximum Gasteiger partial charge on any atom is 0.416 e. The second kappa shape index (κ2) is 7.16. The third-order valence-electron chi connectivity index (χ3n) is 3.89. The predicted octanol–water partition coefficient (Wildman–Crippen LogP) is 3.83. The molecule has 1 saturated heterocycles. The van der Waals surface area contributed by atoms with Crippen LogP contribution in [-0.2, 0) is 6.18 Å². The van der Waals surface area contributed by atoms with Gasteiger partial charge in [-0.2, -0.15) is 13.2 Å². The Labute approximate surface area is 124 Å². The van der Waals surface area contributed by atoms with Crippen LogP contribution in [0.4, 0.5) is 18.9 Å². The van der Waals surface area contributed by atoms with Crippen LogP contribution in [0.25, 0.3) is 0 Å². The van der Waals surface area contributed by atoms with Gasteiger partial charge in [-0.05, 0) is 31.2 Å². The monoisotopic (exact) mass is 299 g/mol. The Bertz CT molecular complexity index is 437. The molecule has 0 unspecified atom stereocenters. The maximum absolute atomic E-state index is 12.7. The first-order chi connectivity index (χ1) is 10.0. The zero-order chi connectivity index (χ0) is 15.3. The Morgan fingerprint density at radius 1 is 1.05 bits per heavy atom. The van der Waals surface area contributed by atoms with E-state index in [0.717, 1.165) is 58.1 Å². The predicted molar refractivity (Wildman–Crippen MR) is 79.3 cm³/mol. The minimum Gasteiger partial charge on any atom is -0.369 e. The van der Waals surface area contributed by atoms with Gasteiger partial charge in [0.1, 0.15) is 0 Å². The summed E-state index contributed by atoms with van der Waals surface area (Å²) in [6.45, 7) is 8.28. The van der Waals surface area contributed by atoms with Gasteiger partial charge >= 0.3 is 6.18 Å². The van der Waals surface area contributed by atoms with Crippen LogP contribution in [0.2, 0.25) is 0 Å². The molecule has 0 spiro atoms. The van der Waals surface area contributed by atoms with Gasteiger partial charge in [0.2, 0.25) is 0 Å². The molecule has 1 heterocycles. The minimum atomic E-state index is -4.27. The molecule has 0 atom stereocenters. The zero-order valence-corrected chi connectivity index (χ0v) is 12.2. The number of unbranched alkanes of at least 4 members (excludes halogenated alkanes) is 2. The average molecular weight is 299 g/mol. The van der Waals surface area contributed by atoms with Crippen molar-refractivity contribution in [2.75, 3.05) is 37.6 Å². The summed E-state index contributed by atoms with van der Waals surface area (Å²) in [5, 5.41) is 0. The van der Waals surface area contributed by atoms with E-state index in [1.54, 1.807) is 6.07 Å². The number of piperazine rings is 1. The van der Waals surface area contributed by atoms with Crippen molar-refractivity contribution in [1.29, 1.82) is 0 Å². The minimum absolute atomic E-state index is 0.571. The van der Waals surface area contributed by atoms with Gasteiger partial charge in [0.05, 0.1) is 5.56 Å². The molecule has 1 aliphatic heterocycles. The molecule has 2 nitrogen and oxygen atoms in total. The van der Waals surface area contributed by atoms with E-state index in [1.807, 2.05) is 4.90 Å². The summed E-state index contributed by atoms with van der Waals surface area (Å²) in [6, 6.07) is 5.61. The van der Waals surface area contributed by atoms with Crippen molar-refractivity contribution in [3.05, 3.63) is 36.8 Å². The van der Waals surface area contributed by atoms with E-state index in [0.29, 0.717) is 5.69 Å². The first-order valence-electron chi connectivity index (χ1n) is 7.44. The average Bonchev–Trinajstić information content (AvgIpc) is 2.47. The number of benzene rings is 1. The van der Waals surface area contributed by atoms with Crippen molar-refractivity contribution in [1.82, 2.24) is 4.90 Å². The number of anilines is 1. The molecule has 0 amide bonds. The highest BCUT2D eigenvalue weighted by Crippen LogP contribution is 2.31. The topological polar surface area (TPSA) is 6.48 Å². The van der Waals surface area contributed by atoms with Crippen molar-refractivity contribution < 1.29 is 13.2 Å². The molecule has 1 aromatic rings. The van der Waals surface area contributed by atoms with Crippen molar-refractivity contribution in [3.8, 4) is 0 Å². The van der Waals surface area contributed by atoms with Crippen molar-refractivity contribution in [2.45, 2.75) is 25.4 Å². The van der Waals surface area contributed by atoms with Crippen LogP contribution in [0.1, 0.15) is 24.8 Å². The van der Waals surface area contributed by atoms with Crippen LogP contribution in [0, 0.1) is 6.92 Å². The van der Waals surface area contributed by atoms with E-state index in [2.05, 4.69) is 11.8 Å². The highest BCUT2D eigenvalue weighted by atomic mass is 19.4. The largest absolute Gasteiger partial charge is 0.416 e. The Morgan fingerprint density at radius 3 is 2.38 bits per heavy atom. The van der Waals surface area contributed by atoms with Gasteiger partial charge in [-0.3, -0.25) is 4.90 Å².